The molecule has 0 amide bonds. The molecule has 1 aliphatic heterocycles. The SMILES string of the molecule is CC1CCCC(C)N1NS(=O)(=O)c1ccc(Br)cc1. The first kappa shape index (κ1) is 15.0. The Morgan fingerprint density at radius 2 is 1.68 bits per heavy atom. The quantitative estimate of drug-likeness (QED) is 0.915. The lowest BCUT2D eigenvalue weighted by Gasteiger charge is -2.38. The molecule has 19 heavy (non-hydrogen) atoms. The first-order valence-electron chi connectivity index (χ1n) is 6.46. The smallest absolute Gasteiger partial charge is 0.225 e. The maximum Gasteiger partial charge on any atom is 0.253 e. The van der Waals surface area contributed by atoms with Crippen LogP contribution in [0.3, 0.4) is 0 Å². The van der Waals surface area contributed by atoms with E-state index in [0.29, 0.717) is 4.90 Å². The lowest BCUT2D eigenvalue weighted by atomic mass is 10.0. The number of piperidine rings is 1. The van der Waals surface area contributed by atoms with Gasteiger partial charge in [-0.2, -0.15) is 0 Å². The van der Waals surface area contributed by atoms with Gasteiger partial charge < -0.3 is 0 Å². The summed E-state index contributed by atoms with van der Waals surface area (Å²) in [5, 5.41) is 1.86. The monoisotopic (exact) mass is 346 g/mol. The van der Waals surface area contributed by atoms with Crippen LogP contribution in [0.2, 0.25) is 0 Å². The van der Waals surface area contributed by atoms with Gasteiger partial charge in [0.25, 0.3) is 10.0 Å². The number of hydrogen-bond donors (Lipinski definition) is 1. The Kier molecular flexibility index (Phi) is 4.66. The summed E-state index contributed by atoms with van der Waals surface area (Å²) in [6.45, 7) is 4.11. The second-order valence-electron chi connectivity index (χ2n) is 5.08. The number of benzene rings is 1. The molecule has 0 aromatic heterocycles. The van der Waals surface area contributed by atoms with Gasteiger partial charge in [0.05, 0.1) is 4.90 Å². The van der Waals surface area contributed by atoms with Gasteiger partial charge in [-0.15, -0.1) is 4.83 Å². The minimum atomic E-state index is -3.49. The maximum atomic E-state index is 12.3. The molecule has 2 unspecified atom stereocenters. The number of rotatable bonds is 3. The third-order valence-electron chi connectivity index (χ3n) is 3.54. The van der Waals surface area contributed by atoms with E-state index in [0.717, 1.165) is 23.7 Å². The lowest BCUT2D eigenvalue weighted by Crippen LogP contribution is -2.53. The van der Waals surface area contributed by atoms with E-state index in [1.807, 2.05) is 5.01 Å². The summed E-state index contributed by atoms with van der Waals surface area (Å²) < 4.78 is 25.5. The minimum Gasteiger partial charge on any atom is -0.225 e. The van der Waals surface area contributed by atoms with Crippen molar-refractivity contribution in [2.75, 3.05) is 0 Å². The highest BCUT2D eigenvalue weighted by Crippen LogP contribution is 2.22. The predicted molar refractivity (Wildman–Crippen MR) is 79.1 cm³/mol. The van der Waals surface area contributed by atoms with Crippen molar-refractivity contribution >= 4 is 26.0 Å². The van der Waals surface area contributed by atoms with E-state index in [1.165, 1.54) is 0 Å². The molecule has 2 atom stereocenters. The molecule has 0 saturated carbocycles. The molecule has 6 heteroatoms. The molecule has 0 spiro atoms. The van der Waals surface area contributed by atoms with Gasteiger partial charge in [-0.25, -0.2) is 13.4 Å². The first-order valence-corrected chi connectivity index (χ1v) is 8.74. The van der Waals surface area contributed by atoms with Gasteiger partial charge in [-0.05, 0) is 51.0 Å². The molecule has 1 heterocycles. The summed E-state index contributed by atoms with van der Waals surface area (Å²) in [5.41, 5.74) is 0. The van der Waals surface area contributed by atoms with Crippen molar-refractivity contribution in [2.24, 2.45) is 0 Å². The first-order chi connectivity index (χ1) is 8.90. The molecule has 1 aliphatic rings. The van der Waals surface area contributed by atoms with Crippen LogP contribution < -0.4 is 4.83 Å². The molecule has 1 saturated heterocycles. The summed E-state index contributed by atoms with van der Waals surface area (Å²) in [5.74, 6) is 0. The summed E-state index contributed by atoms with van der Waals surface area (Å²) in [6.07, 6.45) is 3.19. The molecule has 2 rings (SSSR count). The van der Waals surface area contributed by atoms with Gasteiger partial charge in [0.2, 0.25) is 0 Å². The van der Waals surface area contributed by atoms with Crippen molar-refractivity contribution < 1.29 is 8.42 Å². The minimum absolute atomic E-state index is 0.231. The van der Waals surface area contributed by atoms with Crippen molar-refractivity contribution in [3.05, 3.63) is 28.7 Å². The third-order valence-corrected chi connectivity index (χ3v) is 5.42. The number of hydrogen-bond acceptors (Lipinski definition) is 3. The fourth-order valence-electron chi connectivity index (χ4n) is 2.41. The van der Waals surface area contributed by atoms with Gasteiger partial charge >= 0.3 is 0 Å². The van der Waals surface area contributed by atoms with E-state index in [-0.39, 0.29) is 12.1 Å². The molecular formula is C13H19BrN2O2S. The van der Waals surface area contributed by atoms with Crippen LogP contribution in [0, 0.1) is 0 Å². The van der Waals surface area contributed by atoms with E-state index in [9.17, 15) is 8.42 Å². The van der Waals surface area contributed by atoms with E-state index >= 15 is 0 Å². The maximum absolute atomic E-state index is 12.3. The summed E-state index contributed by atoms with van der Waals surface area (Å²) in [7, 11) is -3.49. The van der Waals surface area contributed by atoms with Crippen molar-refractivity contribution in [3.8, 4) is 0 Å². The normalized spacial score (nSPS) is 25.4. The average molecular weight is 347 g/mol. The van der Waals surface area contributed by atoms with Crippen molar-refractivity contribution in [1.29, 1.82) is 0 Å². The van der Waals surface area contributed by atoms with Gasteiger partial charge in [-0.1, -0.05) is 22.4 Å². The van der Waals surface area contributed by atoms with Gasteiger partial charge in [0, 0.05) is 16.6 Å². The highest BCUT2D eigenvalue weighted by molar-refractivity contribution is 9.10. The summed E-state index contributed by atoms with van der Waals surface area (Å²) in [6, 6.07) is 7.13. The standard InChI is InChI=1S/C13H19BrN2O2S/c1-10-4-3-5-11(2)16(10)15-19(17,18)13-8-6-12(14)7-9-13/h6-11,15H,3-5H2,1-2H3. The largest absolute Gasteiger partial charge is 0.253 e. The van der Waals surface area contributed by atoms with Crippen LogP contribution in [-0.4, -0.2) is 25.5 Å². The Morgan fingerprint density at radius 1 is 1.16 bits per heavy atom. The van der Waals surface area contributed by atoms with E-state index in [1.54, 1.807) is 24.3 Å². The van der Waals surface area contributed by atoms with Crippen LogP contribution in [0.4, 0.5) is 0 Å². The second kappa shape index (κ2) is 5.91. The molecule has 106 valence electrons. The van der Waals surface area contributed by atoms with E-state index in [4.69, 9.17) is 0 Å². The fraction of sp³-hybridized carbons (Fsp3) is 0.538. The van der Waals surface area contributed by atoms with Crippen LogP contribution in [-0.2, 0) is 10.0 Å². The van der Waals surface area contributed by atoms with Crippen LogP contribution in [0.15, 0.2) is 33.6 Å². The van der Waals surface area contributed by atoms with Crippen LogP contribution in [0.5, 0.6) is 0 Å². The van der Waals surface area contributed by atoms with Crippen LogP contribution >= 0.6 is 15.9 Å². The highest BCUT2D eigenvalue weighted by Gasteiger charge is 2.28. The van der Waals surface area contributed by atoms with Crippen molar-refractivity contribution in [1.82, 2.24) is 9.84 Å². The third kappa shape index (κ3) is 3.56. The van der Waals surface area contributed by atoms with Crippen LogP contribution in [0.1, 0.15) is 33.1 Å². The van der Waals surface area contributed by atoms with Gasteiger partial charge in [0.1, 0.15) is 0 Å². The van der Waals surface area contributed by atoms with Crippen molar-refractivity contribution in [3.63, 3.8) is 0 Å². The Morgan fingerprint density at radius 3 is 2.21 bits per heavy atom. The zero-order chi connectivity index (χ0) is 14.0. The second-order valence-corrected chi connectivity index (χ2v) is 7.66. The van der Waals surface area contributed by atoms with E-state index in [2.05, 4.69) is 34.6 Å². The summed E-state index contributed by atoms with van der Waals surface area (Å²) >= 11 is 3.30. The van der Waals surface area contributed by atoms with Crippen molar-refractivity contribution in [2.45, 2.75) is 50.1 Å². The Balaban J connectivity index is 2.18. The Labute approximate surface area is 123 Å². The molecule has 4 nitrogen and oxygen atoms in total. The zero-order valence-electron chi connectivity index (χ0n) is 11.1. The molecular weight excluding hydrogens is 328 g/mol. The van der Waals surface area contributed by atoms with Gasteiger partial charge in [-0.3, -0.25) is 0 Å². The predicted octanol–water partition coefficient (Wildman–Crippen LogP) is 2.91. The molecule has 1 fully saturated rings. The molecule has 0 aliphatic carbocycles. The fourth-order valence-corrected chi connectivity index (χ4v) is 3.91. The molecule has 1 aromatic carbocycles. The summed E-state index contributed by atoms with van der Waals surface area (Å²) in [4.78, 5) is 3.01. The number of nitrogens with one attached hydrogen (secondary N) is 1. The van der Waals surface area contributed by atoms with Gasteiger partial charge in [0.15, 0.2) is 0 Å². The number of halogens is 1. The molecule has 1 aromatic rings. The molecule has 0 radical (unpaired) electrons. The number of nitrogens with zero attached hydrogens (tertiary/aromatic N) is 1. The molecule has 1 N–H and O–H groups in total. The number of hydrazine groups is 1. The molecule has 0 bridgehead atoms. The average Bonchev–Trinajstić information content (AvgIpc) is 2.35. The van der Waals surface area contributed by atoms with E-state index < -0.39 is 10.0 Å². The zero-order valence-corrected chi connectivity index (χ0v) is 13.5. The van der Waals surface area contributed by atoms with Crippen LogP contribution in [0.25, 0.3) is 0 Å². The Hall–Kier alpha value is -0.430. The number of sulfonamides is 1. The highest BCUT2D eigenvalue weighted by atomic mass is 79.9. The topological polar surface area (TPSA) is 49.4 Å². The lowest BCUT2D eigenvalue weighted by molar-refractivity contribution is 0.0790. The Bertz CT molecular complexity index is 520.